The van der Waals surface area contributed by atoms with Gasteiger partial charge in [0.05, 0.1) is 0 Å². The minimum Gasteiger partial charge on any atom is -0.399 e. The molecule has 0 spiro atoms. The molecule has 0 radical (unpaired) electrons. The Labute approximate surface area is 104 Å². The summed E-state index contributed by atoms with van der Waals surface area (Å²) in [5, 5.41) is 0. The van der Waals surface area contributed by atoms with E-state index in [1.807, 2.05) is 12.1 Å². The molecule has 0 saturated heterocycles. The number of hydrogen-bond acceptors (Lipinski definition) is 2. The normalized spacial score (nSPS) is 17.3. The Morgan fingerprint density at radius 2 is 1.88 bits per heavy atom. The van der Waals surface area contributed by atoms with Gasteiger partial charge in [0.15, 0.2) is 5.78 Å². The van der Waals surface area contributed by atoms with Crippen molar-refractivity contribution in [1.82, 2.24) is 0 Å². The van der Waals surface area contributed by atoms with Gasteiger partial charge in [-0.2, -0.15) is 0 Å². The van der Waals surface area contributed by atoms with Gasteiger partial charge in [-0.05, 0) is 31.0 Å². The third kappa shape index (κ3) is 2.64. The van der Waals surface area contributed by atoms with Gasteiger partial charge in [-0.1, -0.05) is 35.2 Å². The SMILES string of the molecule is Nc1cc(Br)cc(C(=O)C2CCCCC2)c1. The maximum atomic E-state index is 12.2. The topological polar surface area (TPSA) is 43.1 Å². The van der Waals surface area contributed by atoms with Crippen molar-refractivity contribution in [3.05, 3.63) is 28.2 Å². The molecule has 1 saturated carbocycles. The van der Waals surface area contributed by atoms with Crippen molar-refractivity contribution >= 4 is 27.4 Å². The van der Waals surface area contributed by atoms with Crippen LogP contribution in [0.5, 0.6) is 0 Å². The predicted octanol–water partition coefficient (Wildman–Crippen LogP) is 3.79. The summed E-state index contributed by atoms with van der Waals surface area (Å²) < 4.78 is 0.881. The van der Waals surface area contributed by atoms with Crippen LogP contribution in [0, 0.1) is 5.92 Å². The number of carbonyl (C=O) groups excluding carboxylic acids is 1. The molecule has 1 aliphatic carbocycles. The lowest BCUT2D eigenvalue weighted by Gasteiger charge is -2.20. The van der Waals surface area contributed by atoms with Gasteiger partial charge >= 0.3 is 0 Å². The van der Waals surface area contributed by atoms with E-state index in [1.165, 1.54) is 19.3 Å². The van der Waals surface area contributed by atoms with Gasteiger partial charge in [-0.25, -0.2) is 0 Å². The van der Waals surface area contributed by atoms with Crippen LogP contribution in [0.15, 0.2) is 22.7 Å². The summed E-state index contributed by atoms with van der Waals surface area (Å²) in [4.78, 5) is 12.2. The van der Waals surface area contributed by atoms with Crippen LogP contribution in [0.1, 0.15) is 42.5 Å². The van der Waals surface area contributed by atoms with Crippen LogP contribution < -0.4 is 5.73 Å². The van der Waals surface area contributed by atoms with E-state index in [9.17, 15) is 4.79 Å². The molecule has 86 valence electrons. The fourth-order valence-electron chi connectivity index (χ4n) is 2.36. The number of Topliss-reactive ketones (excluding diaryl/α,β-unsaturated/α-hetero) is 1. The van der Waals surface area contributed by atoms with Crippen LogP contribution in [0.2, 0.25) is 0 Å². The van der Waals surface area contributed by atoms with Crippen molar-refractivity contribution < 1.29 is 4.79 Å². The quantitative estimate of drug-likeness (QED) is 0.662. The molecule has 2 rings (SSSR count). The van der Waals surface area contributed by atoms with E-state index in [4.69, 9.17) is 5.73 Å². The number of rotatable bonds is 2. The first-order chi connectivity index (χ1) is 7.66. The second-order valence-electron chi connectivity index (χ2n) is 4.47. The lowest BCUT2D eigenvalue weighted by Crippen LogP contribution is -2.18. The minimum atomic E-state index is 0.211. The highest BCUT2D eigenvalue weighted by Crippen LogP contribution is 2.28. The molecule has 0 heterocycles. The molecule has 0 bridgehead atoms. The highest BCUT2D eigenvalue weighted by atomic mass is 79.9. The molecule has 16 heavy (non-hydrogen) atoms. The van der Waals surface area contributed by atoms with Gasteiger partial charge < -0.3 is 5.73 Å². The molecule has 3 heteroatoms. The summed E-state index contributed by atoms with van der Waals surface area (Å²) in [6.07, 6.45) is 5.70. The number of ketones is 1. The maximum Gasteiger partial charge on any atom is 0.166 e. The maximum absolute atomic E-state index is 12.2. The Hall–Kier alpha value is -0.830. The van der Waals surface area contributed by atoms with Crippen LogP contribution in [-0.4, -0.2) is 5.78 Å². The molecule has 1 aliphatic rings. The number of hydrogen-bond donors (Lipinski definition) is 1. The number of anilines is 1. The van der Waals surface area contributed by atoms with Crippen molar-refractivity contribution in [2.45, 2.75) is 32.1 Å². The summed E-state index contributed by atoms with van der Waals surface area (Å²) in [5.74, 6) is 0.468. The lowest BCUT2D eigenvalue weighted by molar-refractivity contribution is 0.0889. The second kappa shape index (κ2) is 5.00. The van der Waals surface area contributed by atoms with Crippen molar-refractivity contribution in [2.24, 2.45) is 5.92 Å². The third-order valence-electron chi connectivity index (χ3n) is 3.18. The van der Waals surface area contributed by atoms with Gasteiger partial charge in [-0.3, -0.25) is 4.79 Å². The van der Waals surface area contributed by atoms with Crippen LogP contribution in [0.4, 0.5) is 5.69 Å². The van der Waals surface area contributed by atoms with Crippen LogP contribution in [0.25, 0.3) is 0 Å². The highest BCUT2D eigenvalue weighted by molar-refractivity contribution is 9.10. The summed E-state index contributed by atoms with van der Waals surface area (Å²) in [6, 6.07) is 5.46. The zero-order valence-corrected chi connectivity index (χ0v) is 10.8. The number of nitrogen functional groups attached to an aromatic ring is 1. The Morgan fingerprint density at radius 3 is 2.50 bits per heavy atom. The highest BCUT2D eigenvalue weighted by Gasteiger charge is 2.22. The summed E-state index contributed by atoms with van der Waals surface area (Å²) in [6.45, 7) is 0. The monoisotopic (exact) mass is 281 g/mol. The first-order valence-corrected chi connectivity index (χ1v) is 6.56. The molecular weight excluding hydrogens is 266 g/mol. The first-order valence-electron chi connectivity index (χ1n) is 5.77. The molecule has 1 aromatic rings. The number of carbonyl (C=O) groups is 1. The van der Waals surface area contributed by atoms with Crippen molar-refractivity contribution in [2.75, 3.05) is 5.73 Å². The average Bonchev–Trinajstić information content (AvgIpc) is 2.28. The van der Waals surface area contributed by atoms with E-state index in [0.29, 0.717) is 5.69 Å². The van der Waals surface area contributed by atoms with E-state index >= 15 is 0 Å². The smallest absolute Gasteiger partial charge is 0.166 e. The Bertz CT molecular complexity index is 377. The molecule has 2 N–H and O–H groups in total. The van der Waals surface area contributed by atoms with E-state index in [-0.39, 0.29) is 11.7 Å². The second-order valence-corrected chi connectivity index (χ2v) is 5.39. The zero-order chi connectivity index (χ0) is 11.5. The van der Waals surface area contributed by atoms with Gasteiger partial charge in [0, 0.05) is 21.6 Å². The van der Waals surface area contributed by atoms with Gasteiger partial charge in [-0.15, -0.1) is 0 Å². The zero-order valence-electron chi connectivity index (χ0n) is 9.21. The fourth-order valence-corrected chi connectivity index (χ4v) is 2.87. The third-order valence-corrected chi connectivity index (χ3v) is 3.64. The largest absolute Gasteiger partial charge is 0.399 e. The van der Waals surface area contributed by atoms with Crippen LogP contribution in [-0.2, 0) is 0 Å². The van der Waals surface area contributed by atoms with Gasteiger partial charge in [0.25, 0.3) is 0 Å². The summed E-state index contributed by atoms with van der Waals surface area (Å²) in [7, 11) is 0. The summed E-state index contributed by atoms with van der Waals surface area (Å²) in [5.41, 5.74) is 7.14. The molecule has 2 nitrogen and oxygen atoms in total. The van der Waals surface area contributed by atoms with Gasteiger partial charge in [0.1, 0.15) is 0 Å². The molecule has 0 unspecified atom stereocenters. The Balaban J connectivity index is 2.19. The first kappa shape index (κ1) is 11.6. The molecule has 0 atom stereocenters. The molecule has 0 aromatic heterocycles. The van der Waals surface area contributed by atoms with E-state index < -0.39 is 0 Å². The Morgan fingerprint density at radius 1 is 1.19 bits per heavy atom. The standard InChI is InChI=1S/C13H16BrNO/c14-11-6-10(7-12(15)8-11)13(16)9-4-2-1-3-5-9/h6-9H,1-5,15H2. The lowest BCUT2D eigenvalue weighted by atomic mass is 9.84. The minimum absolute atomic E-state index is 0.211. The number of halogens is 1. The number of nitrogens with two attached hydrogens (primary N) is 1. The fraction of sp³-hybridized carbons (Fsp3) is 0.462. The van der Waals surface area contributed by atoms with Crippen molar-refractivity contribution in [1.29, 1.82) is 0 Å². The average molecular weight is 282 g/mol. The van der Waals surface area contributed by atoms with E-state index in [2.05, 4.69) is 15.9 Å². The summed E-state index contributed by atoms with van der Waals surface area (Å²) >= 11 is 3.37. The van der Waals surface area contributed by atoms with Crippen molar-refractivity contribution in [3.63, 3.8) is 0 Å². The molecule has 1 aromatic carbocycles. The molecular formula is C13H16BrNO. The van der Waals surface area contributed by atoms with E-state index in [1.54, 1.807) is 6.07 Å². The molecule has 0 amide bonds. The molecule has 0 aliphatic heterocycles. The van der Waals surface area contributed by atoms with Crippen LogP contribution in [0.3, 0.4) is 0 Å². The Kier molecular flexibility index (Phi) is 3.64. The van der Waals surface area contributed by atoms with E-state index in [0.717, 1.165) is 22.9 Å². The number of benzene rings is 1. The molecule has 1 fully saturated rings. The predicted molar refractivity (Wildman–Crippen MR) is 69.5 cm³/mol. The van der Waals surface area contributed by atoms with Gasteiger partial charge in [0.2, 0.25) is 0 Å². The van der Waals surface area contributed by atoms with Crippen LogP contribution >= 0.6 is 15.9 Å². The van der Waals surface area contributed by atoms with Crippen molar-refractivity contribution in [3.8, 4) is 0 Å².